The van der Waals surface area contributed by atoms with Crippen LogP contribution in [0.5, 0.6) is 0 Å². The van der Waals surface area contributed by atoms with Gasteiger partial charge in [-0.15, -0.1) is 0 Å². The van der Waals surface area contributed by atoms with Crippen LogP contribution in [0, 0.1) is 6.08 Å². The van der Waals surface area contributed by atoms with Crippen LogP contribution in [0.15, 0.2) is 30.6 Å². The lowest BCUT2D eigenvalue weighted by Gasteiger charge is -1.92. The summed E-state index contributed by atoms with van der Waals surface area (Å²) in [5.41, 5.74) is 1.28. The first-order chi connectivity index (χ1) is 5.86. The molecule has 0 unspecified atom stereocenters. The number of aromatic amines is 1. The Labute approximate surface area is 68.3 Å². The Bertz CT molecular complexity index is 369. The highest BCUT2D eigenvalue weighted by atomic mass is 19.1. The first-order valence-corrected chi connectivity index (χ1v) is 3.48. The third kappa shape index (κ3) is 1.18. The maximum Gasteiger partial charge on any atom is 0.287 e. The molecule has 4 heteroatoms. The minimum absolute atomic E-state index is 0.587. The summed E-state index contributed by atoms with van der Waals surface area (Å²) >= 11 is 0. The molecule has 0 aliphatic carbocycles. The Morgan fingerprint density at radius 3 is 2.75 bits per heavy atom. The van der Waals surface area contributed by atoms with E-state index in [9.17, 15) is 4.39 Å². The van der Waals surface area contributed by atoms with Crippen LogP contribution >= 0.6 is 0 Å². The van der Waals surface area contributed by atoms with Crippen molar-refractivity contribution in [2.45, 2.75) is 0 Å². The van der Waals surface area contributed by atoms with E-state index in [4.69, 9.17) is 0 Å². The minimum Gasteiger partial charge on any atom is -0.313 e. The summed E-state index contributed by atoms with van der Waals surface area (Å²) < 4.78 is 12.4. The molecule has 2 aromatic heterocycles. The number of nitrogens with one attached hydrogen (secondary N) is 1. The largest absolute Gasteiger partial charge is 0.313 e. The summed E-state index contributed by atoms with van der Waals surface area (Å²) in [5, 5.41) is 0. The quantitative estimate of drug-likeness (QED) is 0.693. The van der Waals surface area contributed by atoms with Crippen LogP contribution < -0.4 is 0 Å². The molecule has 2 rings (SSSR count). The first-order valence-electron chi connectivity index (χ1n) is 3.48. The number of H-pyrrole nitrogens is 1. The highest BCUT2D eigenvalue weighted by Gasteiger charge is 2.01. The van der Waals surface area contributed by atoms with Crippen LogP contribution in [0.1, 0.15) is 0 Å². The third-order valence-corrected chi connectivity index (χ3v) is 1.49. The molecular formula is C8H6FN3. The second kappa shape index (κ2) is 2.73. The molecule has 3 nitrogen and oxygen atoms in total. The van der Waals surface area contributed by atoms with Gasteiger partial charge in [0.1, 0.15) is 0 Å². The standard InChI is InChI=1S/C8H6FN3/c9-8-11-5-7(12-8)6-3-1-2-4-10-6/h1-5H,(H,11,12). The Hall–Kier alpha value is -1.71. The number of hydrogen-bond acceptors (Lipinski definition) is 2. The number of hydrogen-bond donors (Lipinski definition) is 1. The van der Waals surface area contributed by atoms with Crippen molar-refractivity contribution in [1.82, 2.24) is 15.0 Å². The molecule has 0 bridgehead atoms. The van der Waals surface area contributed by atoms with Crippen molar-refractivity contribution >= 4 is 0 Å². The Balaban J connectivity index is 2.45. The lowest BCUT2D eigenvalue weighted by Crippen LogP contribution is -1.81. The summed E-state index contributed by atoms with van der Waals surface area (Å²) in [7, 11) is 0. The van der Waals surface area contributed by atoms with E-state index in [1.165, 1.54) is 6.20 Å². The number of imidazole rings is 1. The fourth-order valence-corrected chi connectivity index (χ4v) is 0.949. The molecule has 12 heavy (non-hydrogen) atoms. The molecule has 2 aromatic rings. The van der Waals surface area contributed by atoms with Gasteiger partial charge in [0.25, 0.3) is 6.08 Å². The van der Waals surface area contributed by atoms with Gasteiger partial charge in [0.2, 0.25) is 0 Å². The van der Waals surface area contributed by atoms with Gasteiger partial charge in [-0.3, -0.25) is 4.98 Å². The van der Waals surface area contributed by atoms with Crippen molar-refractivity contribution in [3.63, 3.8) is 0 Å². The number of rotatable bonds is 1. The average Bonchev–Trinajstić information content (AvgIpc) is 2.54. The predicted octanol–water partition coefficient (Wildman–Crippen LogP) is 1.61. The molecule has 0 amide bonds. The Kier molecular flexibility index (Phi) is 1.59. The van der Waals surface area contributed by atoms with Crippen molar-refractivity contribution in [2.24, 2.45) is 0 Å². The van der Waals surface area contributed by atoms with Gasteiger partial charge in [-0.1, -0.05) is 6.07 Å². The molecule has 0 atom stereocenters. The first kappa shape index (κ1) is 6.97. The SMILES string of the molecule is Fc1ncc(-c2ccccn2)[nH]1. The molecule has 60 valence electrons. The van der Waals surface area contributed by atoms with Gasteiger partial charge < -0.3 is 4.98 Å². The van der Waals surface area contributed by atoms with Gasteiger partial charge in [0.05, 0.1) is 17.6 Å². The molecule has 0 aliphatic heterocycles. The molecular weight excluding hydrogens is 157 g/mol. The number of halogens is 1. The van der Waals surface area contributed by atoms with Crippen LogP contribution in [0.3, 0.4) is 0 Å². The summed E-state index contributed by atoms with van der Waals surface area (Å²) in [6.07, 6.45) is 2.47. The molecule has 1 N–H and O–H groups in total. The summed E-state index contributed by atoms with van der Waals surface area (Å²) in [6, 6.07) is 5.42. The van der Waals surface area contributed by atoms with E-state index in [0.29, 0.717) is 11.4 Å². The molecule has 0 saturated carbocycles. The normalized spacial score (nSPS) is 10.1. The lowest BCUT2D eigenvalue weighted by molar-refractivity contribution is 0.553. The maximum absolute atomic E-state index is 12.4. The predicted molar refractivity (Wildman–Crippen MR) is 41.8 cm³/mol. The zero-order valence-electron chi connectivity index (χ0n) is 6.16. The smallest absolute Gasteiger partial charge is 0.287 e. The van der Waals surface area contributed by atoms with E-state index >= 15 is 0 Å². The van der Waals surface area contributed by atoms with Gasteiger partial charge >= 0.3 is 0 Å². The minimum atomic E-state index is -0.587. The molecule has 0 fully saturated rings. The van der Waals surface area contributed by atoms with Crippen molar-refractivity contribution in [2.75, 3.05) is 0 Å². The van der Waals surface area contributed by atoms with Gasteiger partial charge in [-0.2, -0.15) is 4.39 Å². The summed E-state index contributed by atoms with van der Waals surface area (Å²) in [6.45, 7) is 0. The third-order valence-electron chi connectivity index (χ3n) is 1.49. The Morgan fingerprint density at radius 2 is 2.17 bits per heavy atom. The molecule has 0 saturated heterocycles. The monoisotopic (exact) mass is 163 g/mol. The van der Waals surface area contributed by atoms with E-state index < -0.39 is 6.08 Å². The number of aromatic nitrogens is 3. The highest BCUT2D eigenvalue weighted by Crippen LogP contribution is 2.11. The van der Waals surface area contributed by atoms with Crippen molar-refractivity contribution in [3.05, 3.63) is 36.7 Å². The lowest BCUT2D eigenvalue weighted by atomic mass is 10.3. The fraction of sp³-hybridized carbons (Fsp3) is 0. The van der Waals surface area contributed by atoms with Crippen LogP contribution in [-0.4, -0.2) is 15.0 Å². The van der Waals surface area contributed by atoms with Gasteiger partial charge in [0, 0.05) is 6.20 Å². The van der Waals surface area contributed by atoms with E-state index in [1.807, 2.05) is 6.07 Å². The zero-order chi connectivity index (χ0) is 8.39. The van der Waals surface area contributed by atoms with Crippen LogP contribution in [0.4, 0.5) is 4.39 Å². The van der Waals surface area contributed by atoms with Crippen molar-refractivity contribution in [1.29, 1.82) is 0 Å². The number of nitrogens with zero attached hydrogens (tertiary/aromatic N) is 2. The Morgan fingerprint density at radius 1 is 1.25 bits per heavy atom. The van der Waals surface area contributed by atoms with Crippen LogP contribution in [0.25, 0.3) is 11.4 Å². The maximum atomic E-state index is 12.4. The summed E-state index contributed by atoms with van der Waals surface area (Å²) in [5.74, 6) is 0. The summed E-state index contributed by atoms with van der Waals surface area (Å²) in [4.78, 5) is 9.91. The second-order valence-corrected chi connectivity index (χ2v) is 2.30. The molecule has 0 aromatic carbocycles. The van der Waals surface area contributed by atoms with E-state index in [1.54, 1.807) is 18.3 Å². The molecule has 2 heterocycles. The molecule has 0 spiro atoms. The van der Waals surface area contributed by atoms with E-state index in [-0.39, 0.29) is 0 Å². The van der Waals surface area contributed by atoms with E-state index in [2.05, 4.69) is 15.0 Å². The topological polar surface area (TPSA) is 41.6 Å². The van der Waals surface area contributed by atoms with Crippen molar-refractivity contribution in [3.8, 4) is 11.4 Å². The van der Waals surface area contributed by atoms with Crippen LogP contribution in [0.2, 0.25) is 0 Å². The number of pyridine rings is 1. The average molecular weight is 163 g/mol. The zero-order valence-corrected chi connectivity index (χ0v) is 6.16. The van der Waals surface area contributed by atoms with Gasteiger partial charge in [-0.05, 0) is 12.1 Å². The highest BCUT2D eigenvalue weighted by molar-refractivity contribution is 5.51. The molecule has 0 radical (unpaired) electrons. The van der Waals surface area contributed by atoms with Crippen molar-refractivity contribution < 1.29 is 4.39 Å². The molecule has 0 aliphatic rings. The second-order valence-electron chi connectivity index (χ2n) is 2.30. The van der Waals surface area contributed by atoms with Gasteiger partial charge in [0.15, 0.2) is 0 Å². The fourth-order valence-electron chi connectivity index (χ4n) is 0.949. The van der Waals surface area contributed by atoms with E-state index in [0.717, 1.165) is 0 Å². The van der Waals surface area contributed by atoms with Gasteiger partial charge in [-0.25, -0.2) is 4.98 Å². The van der Waals surface area contributed by atoms with Crippen LogP contribution in [-0.2, 0) is 0 Å².